The van der Waals surface area contributed by atoms with Crippen LogP contribution in [0.3, 0.4) is 0 Å². The second-order valence-corrected chi connectivity index (χ2v) is 4.95. The smallest absolute Gasteiger partial charge is 0.0289 e. The minimum atomic E-state index is 0.385. The van der Waals surface area contributed by atoms with E-state index >= 15 is 0 Å². The quantitative estimate of drug-likeness (QED) is 0.844. The Hall–Kier alpha value is -1.60. The van der Waals surface area contributed by atoms with Crippen LogP contribution in [0.1, 0.15) is 29.7 Å². The first-order valence-electron chi connectivity index (χ1n) is 6.46. The zero-order valence-corrected chi connectivity index (χ0v) is 11.6. The monoisotopic (exact) mass is 239 g/mol. The number of nitrogens with one attached hydrogen (secondary N) is 1. The van der Waals surface area contributed by atoms with Crippen LogP contribution >= 0.6 is 0 Å². The van der Waals surface area contributed by atoms with E-state index in [-0.39, 0.29) is 0 Å². The third-order valence-electron chi connectivity index (χ3n) is 3.51. The lowest BCUT2D eigenvalue weighted by Gasteiger charge is -2.13. The average Bonchev–Trinajstić information content (AvgIpc) is 2.38. The van der Waals surface area contributed by atoms with E-state index in [1.165, 1.54) is 27.8 Å². The van der Waals surface area contributed by atoms with Crippen LogP contribution in [0, 0.1) is 13.8 Å². The minimum absolute atomic E-state index is 0.385. The Kier molecular flexibility index (Phi) is 3.83. The van der Waals surface area contributed by atoms with E-state index in [9.17, 15) is 0 Å². The molecule has 0 amide bonds. The van der Waals surface area contributed by atoms with Crippen molar-refractivity contribution in [2.24, 2.45) is 0 Å². The highest BCUT2D eigenvalue weighted by atomic mass is 14.8. The van der Waals surface area contributed by atoms with Crippen molar-refractivity contribution in [3.63, 3.8) is 0 Å². The molecule has 0 bridgehead atoms. The van der Waals surface area contributed by atoms with Crippen molar-refractivity contribution in [1.29, 1.82) is 0 Å². The number of aryl methyl sites for hydroxylation is 2. The number of rotatable bonds is 3. The van der Waals surface area contributed by atoms with Gasteiger partial charge in [-0.15, -0.1) is 0 Å². The molecule has 0 aliphatic rings. The molecule has 1 unspecified atom stereocenters. The standard InChI is InChI=1S/C17H21N/c1-12-8-9-17(13(2)10-12)16-7-5-6-15(11-16)14(3)18-4/h5-11,14,18H,1-4H3. The number of hydrogen-bond acceptors (Lipinski definition) is 1. The molecule has 2 rings (SSSR count). The molecule has 0 radical (unpaired) electrons. The fraction of sp³-hybridized carbons (Fsp3) is 0.294. The van der Waals surface area contributed by atoms with Crippen LogP contribution in [0.5, 0.6) is 0 Å². The molecule has 0 aliphatic carbocycles. The van der Waals surface area contributed by atoms with Gasteiger partial charge in [0.25, 0.3) is 0 Å². The van der Waals surface area contributed by atoms with Crippen LogP contribution in [0.4, 0.5) is 0 Å². The zero-order valence-electron chi connectivity index (χ0n) is 11.6. The summed E-state index contributed by atoms with van der Waals surface area (Å²) >= 11 is 0. The van der Waals surface area contributed by atoms with Gasteiger partial charge >= 0.3 is 0 Å². The van der Waals surface area contributed by atoms with Crippen molar-refractivity contribution in [2.45, 2.75) is 26.8 Å². The SMILES string of the molecule is CNC(C)c1cccc(-c2ccc(C)cc2C)c1. The van der Waals surface area contributed by atoms with Crippen LogP contribution < -0.4 is 5.32 Å². The van der Waals surface area contributed by atoms with Crippen LogP contribution in [0.2, 0.25) is 0 Å². The summed E-state index contributed by atoms with van der Waals surface area (Å²) in [4.78, 5) is 0. The molecule has 0 aromatic heterocycles. The molecular formula is C17H21N. The maximum atomic E-state index is 3.28. The van der Waals surface area contributed by atoms with Gasteiger partial charge in [0.05, 0.1) is 0 Å². The second-order valence-electron chi connectivity index (χ2n) is 4.95. The molecule has 1 nitrogen and oxygen atoms in total. The lowest BCUT2D eigenvalue weighted by atomic mass is 9.96. The normalized spacial score (nSPS) is 12.4. The Morgan fingerprint density at radius 3 is 2.44 bits per heavy atom. The largest absolute Gasteiger partial charge is 0.313 e. The Morgan fingerprint density at radius 2 is 1.78 bits per heavy atom. The van der Waals surface area contributed by atoms with Crippen molar-refractivity contribution in [3.05, 3.63) is 59.2 Å². The van der Waals surface area contributed by atoms with Crippen LogP contribution in [-0.4, -0.2) is 7.05 Å². The Bertz CT molecular complexity index is 543. The zero-order chi connectivity index (χ0) is 13.1. The summed E-state index contributed by atoms with van der Waals surface area (Å²) in [6.07, 6.45) is 0. The molecule has 18 heavy (non-hydrogen) atoms. The highest BCUT2D eigenvalue weighted by Gasteiger charge is 2.06. The van der Waals surface area contributed by atoms with Crippen molar-refractivity contribution in [1.82, 2.24) is 5.32 Å². The van der Waals surface area contributed by atoms with Crippen molar-refractivity contribution in [3.8, 4) is 11.1 Å². The van der Waals surface area contributed by atoms with E-state index in [0.717, 1.165) is 0 Å². The molecule has 0 saturated carbocycles. The highest BCUT2D eigenvalue weighted by molar-refractivity contribution is 5.68. The third-order valence-corrected chi connectivity index (χ3v) is 3.51. The van der Waals surface area contributed by atoms with Gasteiger partial charge in [-0.2, -0.15) is 0 Å². The third kappa shape index (κ3) is 2.62. The molecule has 0 saturated heterocycles. The van der Waals surface area contributed by atoms with Gasteiger partial charge in [-0.3, -0.25) is 0 Å². The first-order valence-corrected chi connectivity index (χ1v) is 6.46. The van der Waals surface area contributed by atoms with E-state index in [1.807, 2.05) is 7.05 Å². The molecule has 0 heterocycles. The van der Waals surface area contributed by atoms with Crippen LogP contribution in [0.25, 0.3) is 11.1 Å². The molecule has 0 aliphatic heterocycles. The van der Waals surface area contributed by atoms with E-state index in [4.69, 9.17) is 0 Å². The molecule has 2 aromatic rings. The fourth-order valence-corrected chi connectivity index (χ4v) is 2.28. The summed E-state index contributed by atoms with van der Waals surface area (Å²) in [6.45, 7) is 6.49. The molecule has 2 aromatic carbocycles. The van der Waals surface area contributed by atoms with Gasteiger partial charge in [-0.1, -0.05) is 42.0 Å². The van der Waals surface area contributed by atoms with Gasteiger partial charge in [0.2, 0.25) is 0 Å². The van der Waals surface area contributed by atoms with Gasteiger partial charge in [0.15, 0.2) is 0 Å². The first kappa shape index (κ1) is 12.8. The van der Waals surface area contributed by atoms with E-state index in [1.54, 1.807) is 0 Å². The molecule has 94 valence electrons. The van der Waals surface area contributed by atoms with Gasteiger partial charge in [-0.25, -0.2) is 0 Å². The lowest BCUT2D eigenvalue weighted by Crippen LogP contribution is -2.12. The summed E-state index contributed by atoms with van der Waals surface area (Å²) < 4.78 is 0. The Labute approximate surface area is 110 Å². The minimum Gasteiger partial charge on any atom is -0.313 e. The topological polar surface area (TPSA) is 12.0 Å². The highest BCUT2D eigenvalue weighted by Crippen LogP contribution is 2.26. The Balaban J connectivity index is 2.44. The molecule has 0 spiro atoms. The van der Waals surface area contributed by atoms with Crippen molar-refractivity contribution in [2.75, 3.05) is 7.05 Å². The lowest BCUT2D eigenvalue weighted by molar-refractivity contribution is 0.652. The second kappa shape index (κ2) is 5.36. The summed E-state index contributed by atoms with van der Waals surface area (Å²) in [5, 5.41) is 3.28. The summed E-state index contributed by atoms with van der Waals surface area (Å²) in [5.74, 6) is 0. The molecule has 1 heteroatoms. The van der Waals surface area contributed by atoms with E-state index in [0.29, 0.717) is 6.04 Å². The predicted octanol–water partition coefficient (Wildman–Crippen LogP) is 4.25. The van der Waals surface area contributed by atoms with Gasteiger partial charge in [0, 0.05) is 6.04 Å². The molecule has 1 N–H and O–H groups in total. The number of benzene rings is 2. The average molecular weight is 239 g/mol. The predicted molar refractivity (Wildman–Crippen MR) is 78.8 cm³/mol. The summed E-state index contributed by atoms with van der Waals surface area (Å²) in [6, 6.07) is 15.8. The number of hydrogen-bond donors (Lipinski definition) is 1. The summed E-state index contributed by atoms with van der Waals surface area (Å²) in [7, 11) is 1.99. The van der Waals surface area contributed by atoms with E-state index in [2.05, 4.69) is 68.6 Å². The Morgan fingerprint density at radius 1 is 1.00 bits per heavy atom. The van der Waals surface area contributed by atoms with Crippen LogP contribution in [0.15, 0.2) is 42.5 Å². The van der Waals surface area contributed by atoms with E-state index < -0.39 is 0 Å². The van der Waals surface area contributed by atoms with Gasteiger partial charge < -0.3 is 5.32 Å². The molecule has 0 fully saturated rings. The van der Waals surface area contributed by atoms with Crippen molar-refractivity contribution >= 4 is 0 Å². The molecule has 1 atom stereocenters. The maximum absolute atomic E-state index is 3.28. The maximum Gasteiger partial charge on any atom is 0.0289 e. The molecular weight excluding hydrogens is 218 g/mol. The van der Waals surface area contributed by atoms with Crippen molar-refractivity contribution < 1.29 is 0 Å². The van der Waals surface area contributed by atoms with Gasteiger partial charge in [0.1, 0.15) is 0 Å². The van der Waals surface area contributed by atoms with Crippen LogP contribution in [-0.2, 0) is 0 Å². The first-order chi connectivity index (χ1) is 8.61. The summed E-state index contributed by atoms with van der Waals surface area (Å²) in [5.41, 5.74) is 6.60. The van der Waals surface area contributed by atoms with Gasteiger partial charge in [-0.05, 0) is 56.1 Å². The fourth-order valence-electron chi connectivity index (χ4n) is 2.28.